The molecule has 0 rings (SSSR count). The van der Waals surface area contributed by atoms with E-state index in [1.807, 2.05) is 13.8 Å². The van der Waals surface area contributed by atoms with Crippen molar-refractivity contribution in [1.82, 2.24) is 10.6 Å². The lowest BCUT2D eigenvalue weighted by atomic mass is 10.2. The standard InChI is InChI=1S/C10H20F2N2O2/c1-3-8(2)14-6-10(15)13-4-5-16-7-9(11)12/h8-9,14H,3-7H2,1-2H3,(H,13,15). The first kappa shape index (κ1) is 15.2. The van der Waals surface area contributed by atoms with E-state index in [1.165, 1.54) is 0 Å². The molecule has 0 aliphatic rings. The fourth-order valence-corrected chi connectivity index (χ4v) is 0.909. The average molecular weight is 238 g/mol. The zero-order chi connectivity index (χ0) is 12.4. The van der Waals surface area contributed by atoms with E-state index in [4.69, 9.17) is 0 Å². The number of hydrogen-bond acceptors (Lipinski definition) is 3. The van der Waals surface area contributed by atoms with Crippen LogP contribution in [0, 0.1) is 0 Å². The monoisotopic (exact) mass is 238 g/mol. The van der Waals surface area contributed by atoms with Gasteiger partial charge >= 0.3 is 0 Å². The zero-order valence-electron chi connectivity index (χ0n) is 9.76. The number of nitrogens with one attached hydrogen (secondary N) is 2. The Morgan fingerprint density at radius 2 is 2.12 bits per heavy atom. The van der Waals surface area contributed by atoms with E-state index in [1.54, 1.807) is 0 Å². The third-order valence-electron chi connectivity index (χ3n) is 2.04. The van der Waals surface area contributed by atoms with Crippen molar-refractivity contribution in [3.05, 3.63) is 0 Å². The van der Waals surface area contributed by atoms with Gasteiger partial charge in [-0.1, -0.05) is 6.92 Å². The SMILES string of the molecule is CCC(C)NCC(=O)NCCOCC(F)F. The van der Waals surface area contributed by atoms with Crippen LogP contribution in [0.5, 0.6) is 0 Å². The minimum atomic E-state index is -2.46. The Kier molecular flexibility index (Phi) is 9.03. The van der Waals surface area contributed by atoms with Crippen LogP contribution >= 0.6 is 0 Å². The summed E-state index contributed by atoms with van der Waals surface area (Å²) in [5.41, 5.74) is 0. The number of amides is 1. The van der Waals surface area contributed by atoms with Gasteiger partial charge < -0.3 is 15.4 Å². The molecule has 6 heteroatoms. The normalized spacial score (nSPS) is 12.8. The van der Waals surface area contributed by atoms with Crippen LogP contribution < -0.4 is 10.6 Å². The molecule has 96 valence electrons. The molecule has 0 aliphatic carbocycles. The third kappa shape index (κ3) is 9.79. The van der Waals surface area contributed by atoms with Crippen LogP contribution in [0.4, 0.5) is 8.78 Å². The summed E-state index contributed by atoms with van der Waals surface area (Å²) in [6, 6.07) is 0.292. The van der Waals surface area contributed by atoms with E-state index in [0.29, 0.717) is 6.04 Å². The molecule has 0 heterocycles. The van der Waals surface area contributed by atoms with Crippen LogP contribution in [0.1, 0.15) is 20.3 Å². The highest BCUT2D eigenvalue weighted by atomic mass is 19.3. The van der Waals surface area contributed by atoms with Crippen LogP contribution in [-0.2, 0) is 9.53 Å². The lowest BCUT2D eigenvalue weighted by molar-refractivity contribution is -0.120. The second kappa shape index (κ2) is 9.47. The highest BCUT2D eigenvalue weighted by Crippen LogP contribution is 1.91. The van der Waals surface area contributed by atoms with Gasteiger partial charge in [-0.25, -0.2) is 8.78 Å². The molecule has 0 aromatic carbocycles. The minimum absolute atomic E-state index is 0.111. The Balaban J connectivity index is 3.30. The number of ether oxygens (including phenoxy) is 1. The lowest BCUT2D eigenvalue weighted by Gasteiger charge is -2.11. The molecule has 0 aromatic rings. The van der Waals surface area contributed by atoms with E-state index < -0.39 is 13.0 Å². The molecule has 0 bridgehead atoms. The highest BCUT2D eigenvalue weighted by molar-refractivity contribution is 5.77. The lowest BCUT2D eigenvalue weighted by Crippen LogP contribution is -2.39. The zero-order valence-corrected chi connectivity index (χ0v) is 9.76. The van der Waals surface area contributed by atoms with Crippen molar-refractivity contribution in [2.75, 3.05) is 26.3 Å². The summed E-state index contributed by atoms with van der Waals surface area (Å²) in [5, 5.41) is 5.58. The van der Waals surface area contributed by atoms with E-state index in [9.17, 15) is 13.6 Å². The van der Waals surface area contributed by atoms with Gasteiger partial charge in [-0.15, -0.1) is 0 Å². The summed E-state index contributed by atoms with van der Waals surface area (Å²) in [5.74, 6) is -0.152. The topological polar surface area (TPSA) is 50.4 Å². The van der Waals surface area contributed by atoms with Gasteiger partial charge in [0.25, 0.3) is 6.43 Å². The van der Waals surface area contributed by atoms with Crippen molar-refractivity contribution >= 4 is 5.91 Å². The smallest absolute Gasteiger partial charge is 0.261 e. The molecule has 16 heavy (non-hydrogen) atoms. The molecule has 0 spiro atoms. The second-order valence-electron chi connectivity index (χ2n) is 3.51. The van der Waals surface area contributed by atoms with Crippen LogP contribution in [0.25, 0.3) is 0 Å². The highest BCUT2D eigenvalue weighted by Gasteiger charge is 2.04. The van der Waals surface area contributed by atoms with Gasteiger partial charge in [-0.2, -0.15) is 0 Å². The number of halogens is 2. The molecule has 1 unspecified atom stereocenters. The molecule has 0 fully saturated rings. The van der Waals surface area contributed by atoms with Crippen molar-refractivity contribution in [2.24, 2.45) is 0 Å². The fraction of sp³-hybridized carbons (Fsp3) is 0.900. The van der Waals surface area contributed by atoms with Crippen molar-refractivity contribution in [1.29, 1.82) is 0 Å². The first-order valence-electron chi connectivity index (χ1n) is 5.42. The van der Waals surface area contributed by atoms with Gasteiger partial charge in [0.05, 0.1) is 13.2 Å². The number of carbonyl (C=O) groups is 1. The van der Waals surface area contributed by atoms with Crippen molar-refractivity contribution in [2.45, 2.75) is 32.7 Å². The van der Waals surface area contributed by atoms with Gasteiger partial charge in [-0.05, 0) is 13.3 Å². The Morgan fingerprint density at radius 3 is 2.69 bits per heavy atom. The maximum atomic E-state index is 11.6. The first-order valence-corrected chi connectivity index (χ1v) is 5.42. The van der Waals surface area contributed by atoms with E-state index in [2.05, 4.69) is 15.4 Å². The molecule has 0 saturated heterocycles. The molecule has 0 aliphatic heterocycles. The van der Waals surface area contributed by atoms with Gasteiger partial charge in [-0.3, -0.25) is 4.79 Å². The van der Waals surface area contributed by atoms with Gasteiger partial charge in [0.1, 0.15) is 6.61 Å². The Labute approximate surface area is 94.7 Å². The first-order chi connectivity index (χ1) is 7.56. The Morgan fingerprint density at radius 1 is 1.44 bits per heavy atom. The maximum absolute atomic E-state index is 11.6. The van der Waals surface area contributed by atoms with Crippen molar-refractivity contribution in [3.63, 3.8) is 0 Å². The van der Waals surface area contributed by atoms with Crippen molar-refractivity contribution in [3.8, 4) is 0 Å². The van der Waals surface area contributed by atoms with E-state index in [0.717, 1.165) is 6.42 Å². The predicted molar refractivity (Wildman–Crippen MR) is 57.6 cm³/mol. The van der Waals surface area contributed by atoms with Crippen LogP contribution in [0.15, 0.2) is 0 Å². The molecule has 0 radical (unpaired) electrons. The molecule has 2 N–H and O–H groups in total. The average Bonchev–Trinajstić information content (AvgIpc) is 2.24. The molecule has 0 saturated carbocycles. The molecular formula is C10H20F2N2O2. The summed E-state index contributed by atoms with van der Waals surface area (Å²) >= 11 is 0. The van der Waals surface area contributed by atoms with Crippen LogP contribution in [-0.4, -0.2) is 44.7 Å². The second-order valence-corrected chi connectivity index (χ2v) is 3.51. The molecule has 1 amide bonds. The third-order valence-corrected chi connectivity index (χ3v) is 2.04. The summed E-state index contributed by atoms with van der Waals surface area (Å²) in [6.07, 6.45) is -1.51. The molecule has 0 aromatic heterocycles. The van der Waals surface area contributed by atoms with Gasteiger partial charge in [0.15, 0.2) is 0 Å². The summed E-state index contributed by atoms with van der Waals surface area (Å²) < 4.78 is 27.9. The summed E-state index contributed by atoms with van der Waals surface area (Å²) in [4.78, 5) is 11.2. The summed E-state index contributed by atoms with van der Waals surface area (Å²) in [7, 11) is 0. The van der Waals surface area contributed by atoms with E-state index in [-0.39, 0.29) is 25.6 Å². The van der Waals surface area contributed by atoms with Crippen molar-refractivity contribution < 1.29 is 18.3 Å². The fourth-order valence-electron chi connectivity index (χ4n) is 0.909. The number of carbonyl (C=O) groups excluding carboxylic acids is 1. The quantitative estimate of drug-likeness (QED) is 0.583. The Hall–Kier alpha value is -0.750. The summed E-state index contributed by atoms with van der Waals surface area (Å²) in [6.45, 7) is 4.03. The number of hydrogen-bond donors (Lipinski definition) is 2. The molecule has 1 atom stereocenters. The largest absolute Gasteiger partial charge is 0.374 e. The van der Waals surface area contributed by atoms with Crippen LogP contribution in [0.3, 0.4) is 0 Å². The van der Waals surface area contributed by atoms with Crippen LogP contribution in [0.2, 0.25) is 0 Å². The number of alkyl halides is 2. The predicted octanol–water partition coefficient (Wildman–Crippen LogP) is 0.772. The van der Waals surface area contributed by atoms with E-state index >= 15 is 0 Å². The Bertz CT molecular complexity index is 192. The maximum Gasteiger partial charge on any atom is 0.261 e. The number of rotatable bonds is 9. The molecule has 4 nitrogen and oxygen atoms in total. The molecular weight excluding hydrogens is 218 g/mol. The van der Waals surface area contributed by atoms with Gasteiger partial charge in [0, 0.05) is 12.6 Å². The minimum Gasteiger partial charge on any atom is -0.374 e. The van der Waals surface area contributed by atoms with Gasteiger partial charge in [0.2, 0.25) is 5.91 Å².